The largest absolute Gasteiger partial charge is 0.452 e. The first kappa shape index (κ1) is 17.8. The summed E-state index contributed by atoms with van der Waals surface area (Å²) in [4.78, 5) is 25.5. The molecule has 0 aliphatic heterocycles. The van der Waals surface area contributed by atoms with E-state index in [0.717, 1.165) is 5.56 Å². The van der Waals surface area contributed by atoms with E-state index in [2.05, 4.69) is 0 Å². The Balaban J connectivity index is 2.29. The van der Waals surface area contributed by atoms with Gasteiger partial charge in [-0.1, -0.05) is 54.1 Å². The number of amides is 1. The second kappa shape index (κ2) is 8.31. The lowest BCUT2D eigenvalue weighted by atomic mass is 10.0. The topological polar surface area (TPSA) is 46.6 Å². The van der Waals surface area contributed by atoms with Crippen molar-refractivity contribution in [2.45, 2.75) is 0 Å². The monoisotopic (exact) mass is 343 g/mol. The van der Waals surface area contributed by atoms with Crippen LogP contribution in [0.3, 0.4) is 0 Å². The quantitative estimate of drug-likeness (QED) is 0.474. The minimum absolute atomic E-state index is 0.279. The van der Waals surface area contributed by atoms with Gasteiger partial charge < -0.3 is 9.64 Å². The Morgan fingerprint density at radius 2 is 1.67 bits per heavy atom. The molecular weight excluding hydrogens is 326 g/mol. The number of halogens is 1. The Morgan fingerprint density at radius 1 is 1.04 bits per heavy atom. The van der Waals surface area contributed by atoms with Gasteiger partial charge in [0.05, 0.1) is 5.57 Å². The van der Waals surface area contributed by atoms with E-state index in [4.69, 9.17) is 16.3 Å². The Morgan fingerprint density at radius 3 is 2.25 bits per heavy atom. The normalized spacial score (nSPS) is 11.0. The van der Waals surface area contributed by atoms with Gasteiger partial charge in [0.2, 0.25) is 0 Å². The minimum atomic E-state index is -0.559. The molecule has 4 nitrogen and oxygen atoms in total. The van der Waals surface area contributed by atoms with E-state index < -0.39 is 5.97 Å². The lowest BCUT2D eigenvalue weighted by Crippen LogP contribution is -2.27. The van der Waals surface area contributed by atoms with Gasteiger partial charge in [-0.25, -0.2) is 4.79 Å². The van der Waals surface area contributed by atoms with Crippen LogP contribution in [0, 0.1) is 0 Å². The van der Waals surface area contributed by atoms with Crippen molar-refractivity contribution in [3.05, 3.63) is 70.7 Å². The van der Waals surface area contributed by atoms with Crippen LogP contribution in [0.1, 0.15) is 11.1 Å². The second-order valence-electron chi connectivity index (χ2n) is 5.34. The number of nitrogens with zero attached hydrogens (tertiary/aromatic N) is 1. The van der Waals surface area contributed by atoms with Crippen LogP contribution in [-0.4, -0.2) is 37.5 Å². The molecule has 0 bridgehead atoms. The highest BCUT2D eigenvalue weighted by Crippen LogP contribution is 2.22. The third-order valence-corrected chi connectivity index (χ3v) is 3.56. The average Bonchev–Trinajstić information content (AvgIpc) is 2.59. The van der Waals surface area contributed by atoms with Crippen LogP contribution in [0.25, 0.3) is 11.6 Å². The molecule has 0 aliphatic rings. The lowest BCUT2D eigenvalue weighted by molar-refractivity contribution is -0.146. The Bertz CT molecular complexity index is 737. The van der Waals surface area contributed by atoms with Gasteiger partial charge in [-0.2, -0.15) is 0 Å². The van der Waals surface area contributed by atoms with Crippen LogP contribution in [0.5, 0.6) is 0 Å². The molecule has 0 saturated carbocycles. The van der Waals surface area contributed by atoms with Crippen LogP contribution >= 0.6 is 11.6 Å². The SMILES string of the molecule is CN(C)C(=O)COC(=O)/C(=C/c1ccccc1)c1ccc(Cl)cc1. The number of likely N-dealkylation sites (N-methyl/N-ethyl adjacent to an activating group) is 1. The molecule has 0 unspecified atom stereocenters. The number of hydrogen-bond donors (Lipinski definition) is 0. The smallest absolute Gasteiger partial charge is 0.339 e. The first-order chi connectivity index (χ1) is 11.5. The predicted octanol–water partition coefficient (Wildman–Crippen LogP) is 3.51. The van der Waals surface area contributed by atoms with Crippen LogP contribution in [0.4, 0.5) is 0 Å². The summed E-state index contributed by atoms with van der Waals surface area (Å²) in [6, 6.07) is 16.3. The summed E-state index contributed by atoms with van der Waals surface area (Å²) in [6.07, 6.45) is 1.73. The Labute approximate surface area is 146 Å². The number of benzene rings is 2. The minimum Gasteiger partial charge on any atom is -0.452 e. The fourth-order valence-corrected chi connectivity index (χ4v) is 2.07. The van der Waals surface area contributed by atoms with Crippen LogP contribution < -0.4 is 0 Å². The van der Waals surface area contributed by atoms with Crippen molar-refractivity contribution < 1.29 is 14.3 Å². The lowest BCUT2D eigenvalue weighted by Gasteiger charge is -2.12. The number of ether oxygens (including phenoxy) is 1. The van der Waals surface area contributed by atoms with Gasteiger partial charge in [0, 0.05) is 19.1 Å². The molecule has 0 spiro atoms. The van der Waals surface area contributed by atoms with E-state index in [-0.39, 0.29) is 12.5 Å². The van der Waals surface area contributed by atoms with Gasteiger partial charge in [0.1, 0.15) is 0 Å². The highest BCUT2D eigenvalue weighted by Gasteiger charge is 2.16. The Kier molecular flexibility index (Phi) is 6.15. The zero-order chi connectivity index (χ0) is 17.5. The first-order valence-electron chi connectivity index (χ1n) is 7.37. The molecule has 1 amide bonds. The van der Waals surface area contributed by atoms with Gasteiger partial charge in [0.25, 0.3) is 5.91 Å². The summed E-state index contributed by atoms with van der Waals surface area (Å²) in [6.45, 7) is -0.300. The zero-order valence-corrected chi connectivity index (χ0v) is 14.3. The molecule has 0 aromatic heterocycles. The van der Waals surface area contributed by atoms with E-state index in [0.29, 0.717) is 16.2 Å². The van der Waals surface area contributed by atoms with E-state index in [1.807, 2.05) is 30.3 Å². The summed E-state index contributed by atoms with van der Waals surface area (Å²) in [5, 5.41) is 0.578. The van der Waals surface area contributed by atoms with Gasteiger partial charge in [-0.05, 0) is 29.3 Å². The van der Waals surface area contributed by atoms with E-state index in [1.165, 1.54) is 4.90 Å². The van der Waals surface area contributed by atoms with E-state index >= 15 is 0 Å². The summed E-state index contributed by atoms with van der Waals surface area (Å²) in [7, 11) is 3.21. The third kappa shape index (κ3) is 4.96. The van der Waals surface area contributed by atoms with Crippen molar-refractivity contribution in [2.24, 2.45) is 0 Å². The average molecular weight is 344 g/mol. The zero-order valence-electron chi connectivity index (χ0n) is 13.5. The van der Waals surface area contributed by atoms with Gasteiger partial charge in [-0.15, -0.1) is 0 Å². The third-order valence-electron chi connectivity index (χ3n) is 3.31. The molecule has 0 aliphatic carbocycles. The molecule has 2 rings (SSSR count). The molecule has 2 aromatic rings. The maximum Gasteiger partial charge on any atom is 0.339 e. The van der Waals surface area contributed by atoms with Crippen molar-refractivity contribution >= 4 is 35.1 Å². The molecule has 0 radical (unpaired) electrons. The molecule has 124 valence electrons. The van der Waals surface area contributed by atoms with E-state index in [9.17, 15) is 9.59 Å². The molecule has 0 saturated heterocycles. The number of rotatable bonds is 5. The maximum absolute atomic E-state index is 12.5. The van der Waals surface area contributed by atoms with Crippen molar-refractivity contribution in [3.8, 4) is 0 Å². The molecule has 0 fully saturated rings. The highest BCUT2D eigenvalue weighted by atomic mass is 35.5. The maximum atomic E-state index is 12.5. The van der Waals surface area contributed by atoms with Gasteiger partial charge in [-0.3, -0.25) is 4.79 Å². The van der Waals surface area contributed by atoms with Crippen molar-refractivity contribution in [1.82, 2.24) is 4.90 Å². The fourth-order valence-electron chi connectivity index (χ4n) is 1.94. The Hall–Kier alpha value is -2.59. The van der Waals surface area contributed by atoms with Gasteiger partial charge in [0.15, 0.2) is 6.61 Å². The molecule has 5 heteroatoms. The fraction of sp³-hybridized carbons (Fsp3) is 0.158. The summed E-state index contributed by atoms with van der Waals surface area (Å²) < 4.78 is 5.15. The van der Waals surface area contributed by atoms with Crippen LogP contribution in [0.2, 0.25) is 5.02 Å². The van der Waals surface area contributed by atoms with Crippen LogP contribution in [-0.2, 0) is 14.3 Å². The number of carbonyl (C=O) groups is 2. The standard InChI is InChI=1S/C19H18ClNO3/c1-21(2)18(22)13-24-19(23)17(12-14-6-4-3-5-7-14)15-8-10-16(20)11-9-15/h3-12H,13H2,1-2H3/b17-12+. The highest BCUT2D eigenvalue weighted by molar-refractivity contribution is 6.30. The number of esters is 1. The molecule has 2 aromatic carbocycles. The summed E-state index contributed by atoms with van der Waals surface area (Å²) in [5.41, 5.74) is 1.90. The van der Waals surface area contributed by atoms with Crippen molar-refractivity contribution in [3.63, 3.8) is 0 Å². The second-order valence-corrected chi connectivity index (χ2v) is 5.78. The molecule has 0 N–H and O–H groups in total. The van der Waals surface area contributed by atoms with Crippen molar-refractivity contribution in [2.75, 3.05) is 20.7 Å². The summed E-state index contributed by atoms with van der Waals surface area (Å²) in [5.74, 6) is -0.838. The number of carbonyl (C=O) groups excluding carboxylic acids is 2. The van der Waals surface area contributed by atoms with Gasteiger partial charge >= 0.3 is 5.97 Å². The predicted molar refractivity (Wildman–Crippen MR) is 95.4 cm³/mol. The first-order valence-corrected chi connectivity index (χ1v) is 7.75. The summed E-state index contributed by atoms with van der Waals surface area (Å²) >= 11 is 5.91. The van der Waals surface area contributed by atoms with Crippen LogP contribution in [0.15, 0.2) is 54.6 Å². The molecular formula is C19H18ClNO3. The van der Waals surface area contributed by atoms with E-state index in [1.54, 1.807) is 44.4 Å². The molecule has 0 heterocycles. The molecule has 0 atom stereocenters. The molecule has 24 heavy (non-hydrogen) atoms. The van der Waals surface area contributed by atoms with Crippen molar-refractivity contribution in [1.29, 1.82) is 0 Å². The number of hydrogen-bond acceptors (Lipinski definition) is 3.